The molecule has 0 saturated carbocycles. The molecule has 96 valence electrons. The Morgan fingerprint density at radius 1 is 1.41 bits per heavy atom. The second-order valence-electron chi connectivity index (χ2n) is 3.19. The fraction of sp³-hybridized carbons (Fsp3) is 0.600. The summed E-state index contributed by atoms with van der Waals surface area (Å²) in [5, 5.41) is 3.54. The van der Waals surface area contributed by atoms with Crippen molar-refractivity contribution in [2.45, 2.75) is 6.10 Å². The van der Waals surface area contributed by atoms with E-state index in [0.29, 0.717) is 0 Å². The van der Waals surface area contributed by atoms with Crippen LogP contribution in [0.2, 0.25) is 0 Å². The van der Waals surface area contributed by atoms with E-state index < -0.39 is 6.16 Å². The first-order valence-electron chi connectivity index (χ1n) is 5.11. The van der Waals surface area contributed by atoms with Gasteiger partial charge >= 0.3 is 6.16 Å². The third-order valence-corrected chi connectivity index (χ3v) is 4.39. The molecular weight excluding hydrogens is 262 g/mol. The van der Waals surface area contributed by atoms with Gasteiger partial charge in [0, 0.05) is 16.6 Å². The Hall–Kier alpha value is -0.820. The van der Waals surface area contributed by atoms with Crippen molar-refractivity contribution in [1.82, 2.24) is 5.32 Å². The van der Waals surface area contributed by atoms with Gasteiger partial charge in [-0.05, 0) is 6.08 Å². The van der Waals surface area contributed by atoms with Gasteiger partial charge in [0.2, 0.25) is 5.91 Å². The maximum Gasteiger partial charge on any atom is 0.508 e. The molecule has 1 saturated heterocycles. The molecule has 1 rings (SSSR count). The summed E-state index contributed by atoms with van der Waals surface area (Å²) >= 11 is 3.48. The summed E-state index contributed by atoms with van der Waals surface area (Å²) in [6.45, 7) is 3.66. The van der Waals surface area contributed by atoms with Gasteiger partial charge in [-0.3, -0.25) is 4.79 Å². The van der Waals surface area contributed by atoms with Gasteiger partial charge in [0.25, 0.3) is 0 Å². The van der Waals surface area contributed by atoms with E-state index in [1.54, 1.807) is 23.5 Å². The fourth-order valence-electron chi connectivity index (χ4n) is 1.09. The van der Waals surface area contributed by atoms with Gasteiger partial charge in [0.15, 0.2) is 0 Å². The minimum absolute atomic E-state index is 0.0750. The van der Waals surface area contributed by atoms with Gasteiger partial charge in [-0.15, -0.1) is 23.5 Å². The minimum Gasteiger partial charge on any atom is -0.432 e. The van der Waals surface area contributed by atoms with Crippen molar-refractivity contribution in [3.05, 3.63) is 12.7 Å². The molecule has 17 heavy (non-hydrogen) atoms. The number of carbonyl (C=O) groups is 2. The first-order valence-corrected chi connectivity index (χ1v) is 7.42. The highest BCUT2D eigenvalue weighted by molar-refractivity contribution is 8.16. The van der Waals surface area contributed by atoms with Crippen molar-refractivity contribution in [2.75, 3.05) is 29.7 Å². The first-order chi connectivity index (χ1) is 8.22. The molecule has 7 heteroatoms. The lowest BCUT2D eigenvalue weighted by Gasteiger charge is -2.20. The summed E-state index contributed by atoms with van der Waals surface area (Å²) in [4.78, 5) is 22.0. The van der Waals surface area contributed by atoms with Crippen LogP contribution in [0.5, 0.6) is 0 Å². The van der Waals surface area contributed by atoms with Crippen molar-refractivity contribution in [3.63, 3.8) is 0 Å². The molecule has 0 aromatic carbocycles. The number of hydrogen-bond donors (Lipinski definition) is 1. The Morgan fingerprint density at radius 2 is 2.12 bits per heavy atom. The second kappa shape index (κ2) is 8.30. The van der Waals surface area contributed by atoms with E-state index >= 15 is 0 Å². The van der Waals surface area contributed by atoms with Crippen molar-refractivity contribution >= 4 is 35.6 Å². The topological polar surface area (TPSA) is 64.6 Å². The molecule has 1 amide bonds. The van der Waals surface area contributed by atoms with E-state index in [1.165, 1.54) is 0 Å². The molecule has 0 bridgehead atoms. The van der Waals surface area contributed by atoms with Gasteiger partial charge in [0.1, 0.15) is 12.7 Å². The largest absolute Gasteiger partial charge is 0.508 e. The van der Waals surface area contributed by atoms with Crippen LogP contribution in [-0.4, -0.2) is 47.9 Å². The first kappa shape index (κ1) is 14.2. The Kier molecular flexibility index (Phi) is 6.95. The molecule has 5 nitrogen and oxygen atoms in total. The summed E-state index contributed by atoms with van der Waals surface area (Å²) in [6.07, 6.45) is 0.411. The molecular formula is C10H15NO4S2. The zero-order valence-electron chi connectivity index (χ0n) is 9.35. The average molecular weight is 277 g/mol. The highest BCUT2D eigenvalue weighted by Crippen LogP contribution is 2.23. The van der Waals surface area contributed by atoms with E-state index in [4.69, 9.17) is 9.47 Å². The van der Waals surface area contributed by atoms with E-state index in [1.807, 2.05) is 0 Å². The summed E-state index contributed by atoms with van der Waals surface area (Å²) in [6, 6.07) is 0. The number of amides is 1. The van der Waals surface area contributed by atoms with E-state index in [-0.39, 0.29) is 25.2 Å². The molecule has 0 spiro atoms. The molecule has 1 N–H and O–H groups in total. The van der Waals surface area contributed by atoms with Crippen molar-refractivity contribution in [3.8, 4) is 0 Å². The average Bonchev–Trinajstić information content (AvgIpc) is 2.35. The lowest BCUT2D eigenvalue weighted by molar-refractivity contribution is -0.116. The second-order valence-corrected chi connectivity index (χ2v) is 5.62. The van der Waals surface area contributed by atoms with Crippen LogP contribution in [0, 0.1) is 0 Å². The van der Waals surface area contributed by atoms with E-state index in [9.17, 15) is 9.59 Å². The number of ether oxygens (including phenoxy) is 2. The smallest absolute Gasteiger partial charge is 0.432 e. The third-order valence-electron chi connectivity index (χ3n) is 1.84. The Labute approximate surface area is 109 Å². The maximum atomic E-state index is 11.2. The zero-order chi connectivity index (χ0) is 12.5. The third kappa shape index (κ3) is 6.48. The molecule has 0 aromatic heterocycles. The Balaban J connectivity index is 2.04. The van der Waals surface area contributed by atoms with Crippen LogP contribution in [0.15, 0.2) is 12.7 Å². The van der Waals surface area contributed by atoms with Gasteiger partial charge < -0.3 is 14.8 Å². The monoisotopic (exact) mass is 277 g/mol. The minimum atomic E-state index is -0.675. The summed E-state index contributed by atoms with van der Waals surface area (Å²) < 4.78 is 9.90. The molecule has 0 atom stereocenters. The maximum absolute atomic E-state index is 11.2. The molecule has 0 aliphatic carbocycles. The summed E-state index contributed by atoms with van der Waals surface area (Å²) in [7, 11) is 0. The van der Waals surface area contributed by atoms with Gasteiger partial charge in [-0.2, -0.15) is 0 Å². The van der Waals surface area contributed by atoms with Crippen molar-refractivity contribution in [1.29, 1.82) is 0 Å². The van der Waals surface area contributed by atoms with Crippen LogP contribution in [0.3, 0.4) is 0 Å². The SMILES string of the molecule is C=CC(=O)NCCOC(=O)OC1CSCSC1. The molecule has 0 radical (unpaired) electrons. The Bertz CT molecular complexity index is 279. The van der Waals surface area contributed by atoms with Crippen LogP contribution in [-0.2, 0) is 14.3 Å². The number of hydrogen-bond acceptors (Lipinski definition) is 6. The van der Waals surface area contributed by atoms with Crippen LogP contribution in [0.25, 0.3) is 0 Å². The molecule has 1 heterocycles. The number of thioether (sulfide) groups is 2. The van der Waals surface area contributed by atoms with Crippen LogP contribution in [0.1, 0.15) is 0 Å². The molecule has 0 aromatic rings. The highest BCUT2D eigenvalue weighted by atomic mass is 32.2. The van der Waals surface area contributed by atoms with E-state index in [0.717, 1.165) is 22.7 Å². The predicted octanol–water partition coefficient (Wildman–Crippen LogP) is 1.25. The zero-order valence-corrected chi connectivity index (χ0v) is 11.0. The molecule has 1 aliphatic rings. The number of carbonyl (C=O) groups excluding carboxylic acids is 2. The normalized spacial score (nSPS) is 16.0. The number of nitrogens with one attached hydrogen (secondary N) is 1. The summed E-state index contributed by atoms with van der Waals surface area (Å²) in [5.41, 5.74) is 0. The fourth-order valence-corrected chi connectivity index (χ4v) is 3.37. The molecule has 0 unspecified atom stereocenters. The van der Waals surface area contributed by atoms with Gasteiger partial charge in [-0.1, -0.05) is 6.58 Å². The van der Waals surface area contributed by atoms with Crippen LogP contribution < -0.4 is 5.32 Å². The Morgan fingerprint density at radius 3 is 2.76 bits per heavy atom. The van der Waals surface area contributed by atoms with Crippen LogP contribution in [0.4, 0.5) is 4.79 Å². The lowest BCUT2D eigenvalue weighted by atomic mass is 10.5. The quantitative estimate of drug-likeness (QED) is 0.463. The van der Waals surface area contributed by atoms with Gasteiger partial charge in [0.05, 0.1) is 6.54 Å². The van der Waals surface area contributed by atoms with Crippen molar-refractivity contribution < 1.29 is 19.1 Å². The van der Waals surface area contributed by atoms with E-state index in [2.05, 4.69) is 11.9 Å². The van der Waals surface area contributed by atoms with Crippen LogP contribution >= 0.6 is 23.5 Å². The lowest BCUT2D eigenvalue weighted by Crippen LogP contribution is -2.29. The molecule has 1 fully saturated rings. The van der Waals surface area contributed by atoms with Gasteiger partial charge in [-0.25, -0.2) is 4.79 Å². The highest BCUT2D eigenvalue weighted by Gasteiger charge is 2.19. The summed E-state index contributed by atoms with van der Waals surface area (Å²) in [5.74, 6) is 1.34. The van der Waals surface area contributed by atoms with Crippen molar-refractivity contribution in [2.24, 2.45) is 0 Å². The predicted molar refractivity (Wildman–Crippen MR) is 69.2 cm³/mol. The number of rotatable bonds is 5. The standard InChI is InChI=1S/C10H15NO4S2/c1-2-9(12)11-3-4-14-10(13)15-8-5-16-7-17-6-8/h2,8H,1,3-7H2,(H,11,12). The molecule has 1 aliphatic heterocycles.